The van der Waals surface area contributed by atoms with Gasteiger partial charge in [0.05, 0.1) is 6.33 Å². The van der Waals surface area contributed by atoms with Crippen molar-refractivity contribution < 1.29 is 4.79 Å². The van der Waals surface area contributed by atoms with Crippen LogP contribution in [-0.2, 0) is 0 Å². The van der Waals surface area contributed by atoms with E-state index in [-0.39, 0.29) is 36.8 Å². The van der Waals surface area contributed by atoms with Gasteiger partial charge in [0.15, 0.2) is 17.0 Å². The fraction of sp³-hybridized carbons (Fsp3) is 0.571. The number of anilines is 2. The van der Waals surface area contributed by atoms with Gasteiger partial charge in [-0.05, 0) is 69.6 Å². The zero-order valence-corrected chi connectivity index (χ0v) is 25.0. The molecule has 9 nitrogen and oxygen atoms in total. The Balaban J connectivity index is 0.00000185. The molecule has 0 atom stereocenters. The van der Waals surface area contributed by atoms with E-state index in [9.17, 15) is 4.79 Å². The van der Waals surface area contributed by atoms with Crippen LogP contribution in [0.5, 0.6) is 0 Å². The standard InChI is InChI=1S/C28H37ClN8O.2ClH/c29-19-5-3-4-18(16-19)27(38)36-14-12-22(13-15-36)32-25-24-26(37(17-31-24)23-6-1-2-7-23)35-28(34-25)33-21-10-8-20(30)9-11-21;;/h3-5,16-17,20-23H,1-2,6-15,30H2,(H2,32,33,34,35);2*1H. The van der Waals surface area contributed by atoms with Crippen LogP contribution >= 0.6 is 36.4 Å². The van der Waals surface area contributed by atoms with E-state index in [0.717, 1.165) is 55.5 Å². The van der Waals surface area contributed by atoms with Gasteiger partial charge in [-0.3, -0.25) is 4.79 Å². The summed E-state index contributed by atoms with van der Waals surface area (Å²) in [4.78, 5) is 29.5. The minimum absolute atomic E-state index is 0. The Bertz CT molecular complexity index is 1280. The quantitative estimate of drug-likeness (QED) is 0.322. The fourth-order valence-electron chi connectivity index (χ4n) is 6.20. The second kappa shape index (κ2) is 13.6. The lowest BCUT2D eigenvalue weighted by molar-refractivity contribution is 0.0718. The van der Waals surface area contributed by atoms with Crippen molar-refractivity contribution in [2.45, 2.75) is 88.4 Å². The molecule has 1 saturated heterocycles. The van der Waals surface area contributed by atoms with Gasteiger partial charge in [-0.2, -0.15) is 9.97 Å². The average molecular weight is 610 g/mol. The van der Waals surface area contributed by atoms with Gasteiger partial charge in [0.2, 0.25) is 5.95 Å². The summed E-state index contributed by atoms with van der Waals surface area (Å²) in [5.41, 5.74) is 8.49. The van der Waals surface area contributed by atoms with Gasteiger partial charge in [0.1, 0.15) is 0 Å². The molecule has 6 rings (SSSR count). The summed E-state index contributed by atoms with van der Waals surface area (Å²) in [6.07, 6.45) is 12.6. The number of nitrogens with zero attached hydrogens (tertiary/aromatic N) is 5. The molecule has 2 aliphatic carbocycles. The highest BCUT2D eigenvalue weighted by atomic mass is 35.5. The second-order valence-electron chi connectivity index (χ2n) is 11.1. The Kier molecular flexibility index (Phi) is 10.4. The molecule has 0 unspecified atom stereocenters. The molecule has 2 aromatic heterocycles. The molecule has 0 spiro atoms. The summed E-state index contributed by atoms with van der Waals surface area (Å²) >= 11 is 6.10. The molecule has 2 saturated carbocycles. The van der Waals surface area contributed by atoms with E-state index in [4.69, 9.17) is 32.3 Å². The lowest BCUT2D eigenvalue weighted by Crippen LogP contribution is -2.42. The maximum Gasteiger partial charge on any atom is 0.253 e. The fourth-order valence-corrected chi connectivity index (χ4v) is 6.39. The molecule has 3 fully saturated rings. The van der Waals surface area contributed by atoms with Gasteiger partial charge in [0.25, 0.3) is 5.91 Å². The molecule has 12 heteroatoms. The number of fused-ring (bicyclic) bond motifs is 1. The van der Waals surface area contributed by atoms with Crippen molar-refractivity contribution >= 4 is 65.3 Å². The highest BCUT2D eigenvalue weighted by molar-refractivity contribution is 6.30. The van der Waals surface area contributed by atoms with Crippen LogP contribution in [0.4, 0.5) is 11.8 Å². The monoisotopic (exact) mass is 608 g/mol. The Hall–Kier alpha value is -2.33. The number of nitrogens with two attached hydrogens (primary N) is 1. The molecule has 218 valence electrons. The third-order valence-corrected chi connectivity index (χ3v) is 8.67. The molecule has 3 aromatic rings. The van der Waals surface area contributed by atoms with Crippen LogP contribution in [0.25, 0.3) is 11.2 Å². The molecule has 1 aromatic carbocycles. The van der Waals surface area contributed by atoms with Crippen molar-refractivity contribution in [3.8, 4) is 0 Å². The van der Waals surface area contributed by atoms with Gasteiger partial charge < -0.3 is 25.8 Å². The number of nitrogens with one attached hydrogen (secondary N) is 2. The first-order chi connectivity index (χ1) is 18.5. The number of amides is 1. The first-order valence-electron chi connectivity index (χ1n) is 14.1. The molecular weight excluding hydrogens is 571 g/mol. The molecule has 3 heterocycles. The van der Waals surface area contributed by atoms with Crippen LogP contribution < -0.4 is 16.4 Å². The number of hydrogen-bond acceptors (Lipinski definition) is 7. The lowest BCUT2D eigenvalue weighted by atomic mass is 9.92. The van der Waals surface area contributed by atoms with E-state index in [2.05, 4.69) is 15.2 Å². The second-order valence-corrected chi connectivity index (χ2v) is 11.6. The highest BCUT2D eigenvalue weighted by Gasteiger charge is 2.27. The molecule has 1 aliphatic heterocycles. The average Bonchev–Trinajstić information content (AvgIpc) is 3.60. The molecule has 40 heavy (non-hydrogen) atoms. The number of carbonyl (C=O) groups excluding carboxylic acids is 1. The van der Waals surface area contributed by atoms with Gasteiger partial charge in [-0.15, -0.1) is 24.8 Å². The van der Waals surface area contributed by atoms with E-state index in [1.165, 1.54) is 25.7 Å². The third-order valence-electron chi connectivity index (χ3n) is 8.44. The number of halogens is 3. The Morgan fingerprint density at radius 1 is 0.925 bits per heavy atom. The summed E-state index contributed by atoms with van der Waals surface area (Å²) in [5, 5.41) is 7.86. The Morgan fingerprint density at radius 2 is 1.62 bits per heavy atom. The van der Waals surface area contributed by atoms with Crippen LogP contribution in [0.2, 0.25) is 5.02 Å². The van der Waals surface area contributed by atoms with Gasteiger partial charge in [0, 0.05) is 47.8 Å². The third kappa shape index (κ3) is 6.75. The Labute approximate surface area is 252 Å². The number of carbonyl (C=O) groups is 1. The van der Waals surface area contributed by atoms with Crippen molar-refractivity contribution in [2.24, 2.45) is 5.73 Å². The largest absolute Gasteiger partial charge is 0.365 e. The molecule has 4 N–H and O–H groups in total. The number of likely N-dealkylation sites (tertiary alicyclic amines) is 1. The summed E-state index contributed by atoms with van der Waals surface area (Å²) in [6, 6.07) is 8.46. The number of aromatic nitrogens is 4. The van der Waals surface area contributed by atoms with Crippen molar-refractivity contribution in [1.82, 2.24) is 24.4 Å². The predicted octanol–water partition coefficient (Wildman–Crippen LogP) is 5.84. The normalized spacial score (nSPS) is 22.0. The first kappa shape index (κ1) is 30.6. The van der Waals surface area contributed by atoms with E-state index in [1.54, 1.807) is 12.1 Å². The van der Waals surface area contributed by atoms with Crippen LogP contribution in [0.3, 0.4) is 0 Å². The molecule has 3 aliphatic rings. The van der Waals surface area contributed by atoms with Crippen LogP contribution in [0.15, 0.2) is 30.6 Å². The summed E-state index contributed by atoms with van der Waals surface area (Å²) in [6.45, 7) is 1.36. The zero-order chi connectivity index (χ0) is 26.1. The summed E-state index contributed by atoms with van der Waals surface area (Å²) < 4.78 is 2.25. The number of imidazole rings is 1. The maximum atomic E-state index is 13.0. The zero-order valence-electron chi connectivity index (χ0n) is 22.6. The number of hydrogen-bond donors (Lipinski definition) is 3. The minimum atomic E-state index is 0. The van der Waals surface area contributed by atoms with Crippen molar-refractivity contribution in [3.63, 3.8) is 0 Å². The first-order valence-corrected chi connectivity index (χ1v) is 14.5. The van der Waals surface area contributed by atoms with E-state index in [1.807, 2.05) is 23.4 Å². The number of benzene rings is 1. The van der Waals surface area contributed by atoms with Crippen LogP contribution in [-0.4, -0.2) is 61.5 Å². The molecule has 0 radical (unpaired) electrons. The summed E-state index contributed by atoms with van der Waals surface area (Å²) in [5.74, 6) is 1.47. The predicted molar refractivity (Wildman–Crippen MR) is 165 cm³/mol. The minimum Gasteiger partial charge on any atom is -0.365 e. The Morgan fingerprint density at radius 3 is 2.33 bits per heavy atom. The van der Waals surface area contributed by atoms with Crippen molar-refractivity contribution in [3.05, 3.63) is 41.2 Å². The SMILES string of the molecule is Cl.Cl.NC1CCC(Nc2nc(NC3CCN(C(=O)c4cccc(Cl)c4)CC3)c3ncn(C4CCCC4)c3n2)CC1. The maximum absolute atomic E-state index is 13.0. The van der Waals surface area contributed by atoms with Gasteiger partial charge in [-0.25, -0.2) is 4.98 Å². The lowest BCUT2D eigenvalue weighted by Gasteiger charge is -2.33. The molecule has 1 amide bonds. The van der Waals surface area contributed by atoms with Crippen molar-refractivity contribution in [1.29, 1.82) is 0 Å². The van der Waals surface area contributed by atoms with E-state index >= 15 is 0 Å². The van der Waals surface area contributed by atoms with E-state index < -0.39 is 0 Å². The molecular formula is C28H39Cl3N8O. The topological polar surface area (TPSA) is 114 Å². The number of rotatable bonds is 6. The van der Waals surface area contributed by atoms with Gasteiger partial charge >= 0.3 is 0 Å². The summed E-state index contributed by atoms with van der Waals surface area (Å²) in [7, 11) is 0. The number of piperidine rings is 1. The molecule has 0 bridgehead atoms. The van der Waals surface area contributed by atoms with E-state index in [0.29, 0.717) is 47.7 Å². The van der Waals surface area contributed by atoms with Crippen LogP contribution in [0.1, 0.15) is 80.6 Å². The highest BCUT2D eigenvalue weighted by Crippen LogP contribution is 2.34. The van der Waals surface area contributed by atoms with Crippen molar-refractivity contribution in [2.75, 3.05) is 23.7 Å². The van der Waals surface area contributed by atoms with Gasteiger partial charge in [-0.1, -0.05) is 30.5 Å². The smallest absolute Gasteiger partial charge is 0.253 e. The van der Waals surface area contributed by atoms with Crippen LogP contribution in [0, 0.1) is 0 Å².